The van der Waals surface area contributed by atoms with E-state index in [-0.39, 0.29) is 46.6 Å². The summed E-state index contributed by atoms with van der Waals surface area (Å²) in [5, 5.41) is 3.85. The molecule has 0 aromatic heterocycles. The second-order valence-electron chi connectivity index (χ2n) is 3.69. The number of benzene rings is 1. The maximum Gasteiger partial charge on any atom is 1.00 e. The van der Waals surface area contributed by atoms with E-state index >= 15 is 0 Å². The first kappa shape index (κ1) is 25.5. The minimum atomic E-state index is -0.635. The number of carbonyl (C=O) groups excluding carboxylic acids is 1. The van der Waals surface area contributed by atoms with Crippen LogP contribution in [-0.2, 0) is 44.7 Å². The number of nitrogens with zero attached hydrogens (tertiary/aromatic N) is 2. The summed E-state index contributed by atoms with van der Waals surface area (Å²) in [6, 6.07) is 3.47. The van der Waals surface area contributed by atoms with Gasteiger partial charge >= 0.3 is 19.5 Å². The Morgan fingerprint density at radius 3 is 2.41 bits per heavy atom. The summed E-state index contributed by atoms with van der Waals surface area (Å²) in [6.45, 7) is 3.91. The Morgan fingerprint density at radius 1 is 1.32 bits per heavy atom. The Bertz CT molecular complexity index is 483. The third-order valence-corrected chi connectivity index (χ3v) is 2.61. The molecule has 2 radical (unpaired) electrons. The largest absolute Gasteiger partial charge is 1.00 e. The van der Waals surface area contributed by atoms with Crippen LogP contribution < -0.4 is 9.47 Å². The van der Waals surface area contributed by atoms with Gasteiger partial charge in [-0.05, 0) is 41.7 Å². The van der Waals surface area contributed by atoms with Crippen molar-refractivity contribution < 1.29 is 54.2 Å². The standard InChI is InChI=1S/C12H14N2O4S.Re.Rf.Ru/c1-8-5-11(18-12(15)6-19-14-16)9(2)4-10(8)17-7-13-3;;;/h4-6H,7H2,1-3H3;;;/q-2;;;+1. The first-order valence-corrected chi connectivity index (χ1v) is 6.25. The van der Waals surface area contributed by atoms with Crippen LogP contribution in [0.1, 0.15) is 11.1 Å². The monoisotopic (exact) mass is 838 g/mol. The van der Waals surface area contributed by atoms with Crippen LogP contribution in [0.2, 0.25) is 0 Å². The van der Waals surface area contributed by atoms with E-state index in [1.165, 1.54) is 0 Å². The third-order valence-electron chi connectivity index (χ3n) is 2.22. The molecule has 0 saturated carbocycles. The number of aryl methyl sites for hydroxylation is 2. The number of hydrogen-bond donors (Lipinski definition) is 0. The Hall–Kier alpha value is -1.44. The quantitative estimate of drug-likeness (QED) is 0.106. The summed E-state index contributed by atoms with van der Waals surface area (Å²) >= 11 is 0.493. The van der Waals surface area contributed by atoms with Crippen molar-refractivity contribution in [3.8, 4) is 11.5 Å². The molecule has 0 bridgehead atoms. The number of hydrogen-bond acceptors (Lipinski definition) is 6. The van der Waals surface area contributed by atoms with Gasteiger partial charge in [0.05, 0.1) is 0 Å². The average Bonchev–Trinajstić information content (AvgIpc) is 2.38. The second-order valence-corrected chi connectivity index (χ2v) is 4.29. The third kappa shape index (κ3) is 8.11. The molecule has 1 rings (SSSR count). The minimum Gasteiger partial charge on any atom is -0.632 e. The van der Waals surface area contributed by atoms with Crippen LogP contribution in [0.5, 0.6) is 11.5 Å². The van der Waals surface area contributed by atoms with Gasteiger partial charge < -0.3 is 14.8 Å². The predicted octanol–water partition coefficient (Wildman–Crippen LogP) is 3.12. The van der Waals surface area contributed by atoms with Crippen molar-refractivity contribution in [2.24, 2.45) is 4.58 Å². The van der Waals surface area contributed by atoms with Crippen LogP contribution in [0, 0.1) is 24.5 Å². The van der Waals surface area contributed by atoms with Gasteiger partial charge in [-0.3, -0.25) is 4.79 Å². The van der Waals surface area contributed by atoms with Crippen LogP contribution in [0.25, 0.3) is 5.32 Å². The van der Waals surface area contributed by atoms with Gasteiger partial charge in [-0.15, -0.1) is 16.9 Å². The zero-order valence-electron chi connectivity index (χ0n) is 12.3. The number of carbonyl (C=O) groups is 1. The van der Waals surface area contributed by atoms with Crippen molar-refractivity contribution >= 4 is 17.9 Å². The van der Waals surface area contributed by atoms with Gasteiger partial charge in [-0.25, -0.2) is 5.75 Å². The van der Waals surface area contributed by atoms with E-state index in [4.69, 9.17) is 9.47 Å². The van der Waals surface area contributed by atoms with Gasteiger partial charge in [0.15, 0.2) is 5.97 Å². The smallest absolute Gasteiger partial charge is 0.632 e. The fourth-order valence-electron chi connectivity index (χ4n) is 1.36. The van der Waals surface area contributed by atoms with Crippen LogP contribution in [-0.4, -0.2) is 19.7 Å². The fraction of sp³-hybridized carbons (Fsp3) is 0.333. The molecular weight excluding hydrogens is 822 g/mol. The number of ether oxygens (including phenoxy) is 2. The molecular formula is C12H14N2O4ReRfRuS-. The maximum absolute atomic E-state index is 11.3. The molecule has 0 amide bonds. The van der Waals surface area contributed by atoms with Gasteiger partial charge in [0.1, 0.15) is 11.5 Å². The summed E-state index contributed by atoms with van der Waals surface area (Å²) in [4.78, 5) is 21.2. The van der Waals surface area contributed by atoms with Crippen molar-refractivity contribution in [3.63, 3.8) is 0 Å². The van der Waals surface area contributed by atoms with Gasteiger partial charge in [0.2, 0.25) is 0 Å². The van der Waals surface area contributed by atoms with Gasteiger partial charge in [0.25, 0.3) is 0 Å². The van der Waals surface area contributed by atoms with Crippen LogP contribution in [0.3, 0.4) is 0 Å². The summed E-state index contributed by atoms with van der Waals surface area (Å²) in [6.07, 6.45) is 0. The van der Waals surface area contributed by atoms with Crippen molar-refractivity contribution in [1.29, 1.82) is 0 Å². The molecule has 22 heavy (non-hydrogen) atoms. The van der Waals surface area contributed by atoms with Crippen molar-refractivity contribution in [2.75, 3.05) is 13.8 Å². The molecule has 0 spiro atoms. The molecule has 0 aliphatic rings. The van der Waals surface area contributed by atoms with E-state index < -0.39 is 5.97 Å². The van der Waals surface area contributed by atoms with E-state index in [1.54, 1.807) is 26.1 Å². The fourth-order valence-corrected chi connectivity index (χ4v) is 1.54. The maximum atomic E-state index is 11.3. The van der Waals surface area contributed by atoms with Crippen LogP contribution in [0.15, 0.2) is 16.7 Å². The van der Waals surface area contributed by atoms with Gasteiger partial charge in [0, 0.05) is 27.2 Å². The van der Waals surface area contributed by atoms with E-state index in [0.717, 1.165) is 16.9 Å². The second kappa shape index (κ2) is 13.2. The molecule has 0 fully saturated rings. The zero-order chi connectivity index (χ0) is 14.3. The first-order chi connectivity index (χ1) is 9.08. The molecule has 0 saturated heterocycles. The Balaban J connectivity index is -0.00000120. The number of rotatable bonds is 7. The molecule has 0 aliphatic heterocycles. The number of nitroso groups, excluding NO2 is 1. The van der Waals surface area contributed by atoms with Crippen LogP contribution in [0.4, 0.5) is 0 Å². The van der Waals surface area contributed by atoms with Crippen molar-refractivity contribution in [2.45, 2.75) is 13.8 Å². The molecule has 0 heterocycles. The molecule has 1 aromatic carbocycles. The molecule has 120 valence electrons. The van der Waals surface area contributed by atoms with E-state index in [1.807, 2.05) is 6.92 Å². The SMILES string of the molecule is C[N-]COc1cc(C)c(OC(=O)[CH-]SN=O)cc1C.[Re].[Rf].[Ru+]. The molecule has 0 aliphatic carbocycles. The zero-order valence-corrected chi connectivity index (χ0v) is 24.0. The minimum absolute atomic E-state index is 0. The Morgan fingerprint density at radius 2 is 1.86 bits per heavy atom. The Labute approximate surface area is 154 Å². The van der Waals surface area contributed by atoms with E-state index in [0.29, 0.717) is 23.4 Å². The summed E-state index contributed by atoms with van der Waals surface area (Å²) in [5.74, 6) is 1.48. The van der Waals surface area contributed by atoms with Crippen LogP contribution >= 0.6 is 11.9 Å². The topological polar surface area (TPSA) is 79.1 Å². The van der Waals surface area contributed by atoms with Gasteiger partial charge in [-0.2, -0.15) is 7.05 Å². The van der Waals surface area contributed by atoms with E-state index in [9.17, 15) is 9.70 Å². The molecule has 6 nitrogen and oxygen atoms in total. The number of esters is 1. The summed E-state index contributed by atoms with van der Waals surface area (Å²) in [5.41, 5.74) is 1.58. The normalized spacial score (nSPS) is 8.50. The average molecular weight is 837 g/mol. The van der Waals surface area contributed by atoms with Crippen molar-refractivity contribution in [3.05, 3.63) is 39.2 Å². The summed E-state index contributed by atoms with van der Waals surface area (Å²) in [7, 11) is 1.66. The molecule has 1 aromatic rings. The molecule has 10 heteroatoms. The first-order valence-electron chi connectivity index (χ1n) is 5.41. The van der Waals surface area contributed by atoms with E-state index in [2.05, 4.69) is 9.90 Å². The Kier molecular flexibility index (Phi) is 15.3. The molecule has 0 N–H and O–H groups in total. The van der Waals surface area contributed by atoms with Crippen molar-refractivity contribution in [1.82, 2.24) is 0 Å². The van der Waals surface area contributed by atoms with Gasteiger partial charge in [-0.1, -0.05) is 0 Å². The molecule has 0 atom stereocenters. The predicted molar refractivity (Wildman–Crippen MR) is 74.0 cm³/mol. The molecule has 0 unspecified atom stereocenters. The summed E-state index contributed by atoms with van der Waals surface area (Å²) < 4.78 is 13.0.